The molecule has 2 N–H and O–H groups in total. The molecule has 6 rings (SSSR count). The molecule has 3 aromatic carbocycles. The highest BCUT2D eigenvalue weighted by Crippen LogP contribution is 2.28. The van der Waals surface area contributed by atoms with Gasteiger partial charge in [0.05, 0.1) is 25.6 Å². The summed E-state index contributed by atoms with van der Waals surface area (Å²) < 4.78 is 12.2. The van der Waals surface area contributed by atoms with Crippen molar-refractivity contribution in [2.24, 2.45) is 0 Å². The number of pyridine rings is 1. The van der Waals surface area contributed by atoms with Gasteiger partial charge in [-0.1, -0.05) is 6.07 Å². The Labute approximate surface area is 260 Å². The summed E-state index contributed by atoms with van der Waals surface area (Å²) in [5, 5.41) is 13.3. The molecule has 2 aromatic heterocycles. The molecule has 230 valence electrons. The highest BCUT2D eigenvalue weighted by Gasteiger charge is 2.21. The number of rotatable bonds is 8. The molecule has 5 aromatic rings. The first kappa shape index (κ1) is 29.5. The smallest absolute Gasteiger partial charge is 0.256 e. The third-order valence-corrected chi connectivity index (χ3v) is 8.00. The fourth-order valence-electron chi connectivity index (χ4n) is 5.51. The van der Waals surface area contributed by atoms with Gasteiger partial charge >= 0.3 is 0 Å². The number of nitrogens with one attached hydrogen (secondary N) is 1. The Morgan fingerprint density at radius 3 is 2.18 bits per heavy atom. The van der Waals surface area contributed by atoms with Gasteiger partial charge in [-0.05, 0) is 79.2 Å². The number of carbonyl (C=O) groups is 1. The summed E-state index contributed by atoms with van der Waals surface area (Å²) in [6.45, 7) is 5.17. The highest BCUT2D eigenvalue weighted by atomic mass is 16.5. The molecule has 45 heavy (non-hydrogen) atoms. The van der Waals surface area contributed by atoms with Crippen LogP contribution in [-0.4, -0.2) is 65.9 Å². The molecular formula is C34H34N6O5. The second-order valence-corrected chi connectivity index (χ2v) is 10.8. The van der Waals surface area contributed by atoms with Crippen molar-refractivity contribution >= 4 is 28.6 Å². The Kier molecular flexibility index (Phi) is 8.24. The number of hydrogen-bond acceptors (Lipinski definition) is 9. The minimum absolute atomic E-state index is 0.227. The lowest BCUT2D eigenvalue weighted by atomic mass is 10.1. The number of fused-ring (bicyclic) bond motifs is 1. The molecule has 11 nitrogen and oxygen atoms in total. The third-order valence-electron chi connectivity index (χ3n) is 8.00. The van der Waals surface area contributed by atoms with Crippen molar-refractivity contribution in [3.8, 4) is 22.9 Å². The number of aromatic nitrogens is 3. The zero-order valence-corrected chi connectivity index (χ0v) is 25.4. The molecule has 0 spiro atoms. The first-order valence-corrected chi connectivity index (χ1v) is 14.6. The van der Waals surface area contributed by atoms with Gasteiger partial charge in [0.15, 0.2) is 17.1 Å². The van der Waals surface area contributed by atoms with E-state index in [9.17, 15) is 14.7 Å². The number of piperazine rings is 1. The van der Waals surface area contributed by atoms with Gasteiger partial charge in [-0.15, -0.1) is 0 Å². The Hall–Kier alpha value is -5.58. The van der Waals surface area contributed by atoms with E-state index in [1.165, 1.54) is 6.07 Å². The number of nitrogens with zero attached hydrogens (tertiary/aromatic N) is 5. The quantitative estimate of drug-likeness (QED) is 0.269. The van der Waals surface area contributed by atoms with E-state index in [-0.39, 0.29) is 17.2 Å². The lowest BCUT2D eigenvalue weighted by molar-refractivity contribution is 0.0951. The number of carbonyl (C=O) groups excluding carboxylic acids is 1. The maximum atomic E-state index is 13.2. The van der Waals surface area contributed by atoms with E-state index in [1.807, 2.05) is 31.2 Å². The number of benzene rings is 3. The summed E-state index contributed by atoms with van der Waals surface area (Å²) in [5.74, 6) is 1.78. The van der Waals surface area contributed by atoms with Crippen molar-refractivity contribution in [2.45, 2.75) is 13.5 Å². The predicted octanol–water partition coefficient (Wildman–Crippen LogP) is 4.07. The molecule has 1 aliphatic rings. The van der Waals surface area contributed by atoms with Gasteiger partial charge in [-0.25, -0.2) is 4.98 Å². The average Bonchev–Trinajstić information content (AvgIpc) is 3.07. The predicted molar refractivity (Wildman–Crippen MR) is 173 cm³/mol. The number of aryl methyl sites for hydroxylation is 1. The molecule has 0 saturated carbocycles. The van der Waals surface area contributed by atoms with Crippen molar-refractivity contribution in [2.75, 3.05) is 50.2 Å². The first-order chi connectivity index (χ1) is 21.8. The minimum atomic E-state index is -0.242. The van der Waals surface area contributed by atoms with Gasteiger partial charge in [0.25, 0.3) is 11.5 Å². The minimum Gasteiger partial charge on any atom is -0.508 e. The molecule has 0 radical (unpaired) electrons. The van der Waals surface area contributed by atoms with Crippen molar-refractivity contribution in [1.29, 1.82) is 0 Å². The van der Waals surface area contributed by atoms with E-state index in [4.69, 9.17) is 19.4 Å². The van der Waals surface area contributed by atoms with Crippen LogP contribution in [0.1, 0.15) is 21.6 Å². The third kappa shape index (κ3) is 6.10. The van der Waals surface area contributed by atoms with E-state index in [2.05, 4.69) is 15.1 Å². The zero-order chi connectivity index (χ0) is 31.5. The number of phenolic OH excluding ortho intramolecular Hbond substituents is 1. The van der Waals surface area contributed by atoms with Crippen LogP contribution in [0.3, 0.4) is 0 Å². The van der Waals surface area contributed by atoms with Gasteiger partial charge in [0, 0.05) is 55.4 Å². The van der Waals surface area contributed by atoms with Gasteiger partial charge in [0.2, 0.25) is 5.95 Å². The number of anilines is 2. The van der Waals surface area contributed by atoms with E-state index in [0.717, 1.165) is 35.4 Å². The van der Waals surface area contributed by atoms with Gasteiger partial charge in [-0.2, -0.15) is 4.98 Å². The van der Waals surface area contributed by atoms with Gasteiger partial charge < -0.3 is 29.7 Å². The van der Waals surface area contributed by atoms with Crippen molar-refractivity contribution in [3.05, 3.63) is 106 Å². The largest absolute Gasteiger partial charge is 0.508 e. The van der Waals surface area contributed by atoms with Crippen LogP contribution in [0.4, 0.5) is 11.6 Å². The Balaban J connectivity index is 1.21. The molecule has 1 fully saturated rings. The molecule has 1 saturated heterocycles. The number of amides is 1. The zero-order valence-electron chi connectivity index (χ0n) is 25.4. The van der Waals surface area contributed by atoms with Crippen LogP contribution >= 0.6 is 0 Å². The second kappa shape index (κ2) is 12.6. The van der Waals surface area contributed by atoms with Crippen LogP contribution in [-0.2, 0) is 6.54 Å². The van der Waals surface area contributed by atoms with Crippen LogP contribution in [0.15, 0.2) is 83.7 Å². The number of ether oxygens (including phenoxy) is 2. The van der Waals surface area contributed by atoms with E-state index < -0.39 is 0 Å². The van der Waals surface area contributed by atoms with Crippen LogP contribution in [0, 0.1) is 6.92 Å². The SMILES string of the molecule is COc1ccc(CNC(=O)c2ccc(-n3c(=O)ccc4c(C)nc(N5CCN(c6ccc(O)cc6)CC5)nc43)cc2)cc1OC. The monoisotopic (exact) mass is 606 g/mol. The fourth-order valence-corrected chi connectivity index (χ4v) is 5.51. The molecule has 0 bridgehead atoms. The molecule has 1 amide bonds. The second-order valence-electron chi connectivity index (χ2n) is 10.8. The Morgan fingerprint density at radius 1 is 0.822 bits per heavy atom. The van der Waals surface area contributed by atoms with E-state index in [0.29, 0.717) is 54.0 Å². The van der Waals surface area contributed by atoms with E-state index >= 15 is 0 Å². The maximum absolute atomic E-state index is 13.2. The topological polar surface area (TPSA) is 122 Å². The lowest BCUT2D eigenvalue weighted by Crippen LogP contribution is -2.47. The molecule has 0 atom stereocenters. The average molecular weight is 607 g/mol. The van der Waals surface area contributed by atoms with Crippen molar-refractivity contribution in [1.82, 2.24) is 19.9 Å². The number of phenols is 1. The van der Waals surface area contributed by atoms with Crippen LogP contribution in [0.5, 0.6) is 17.2 Å². The molecule has 11 heteroatoms. The van der Waals surface area contributed by atoms with Gasteiger partial charge in [-0.3, -0.25) is 14.2 Å². The van der Waals surface area contributed by atoms with Crippen LogP contribution in [0.2, 0.25) is 0 Å². The number of aromatic hydroxyl groups is 1. The lowest BCUT2D eigenvalue weighted by Gasteiger charge is -2.36. The first-order valence-electron chi connectivity index (χ1n) is 14.6. The molecule has 0 aliphatic carbocycles. The highest BCUT2D eigenvalue weighted by molar-refractivity contribution is 5.94. The van der Waals surface area contributed by atoms with Crippen LogP contribution in [0.25, 0.3) is 16.7 Å². The summed E-state index contributed by atoms with van der Waals surface area (Å²) in [6, 6.07) is 22.8. The fraction of sp³-hybridized carbons (Fsp3) is 0.235. The Bertz CT molecular complexity index is 1900. The number of hydrogen-bond donors (Lipinski definition) is 2. The molecular weight excluding hydrogens is 572 g/mol. The van der Waals surface area contributed by atoms with Crippen molar-refractivity contribution < 1.29 is 19.4 Å². The molecule has 3 heterocycles. The summed E-state index contributed by atoms with van der Waals surface area (Å²) in [4.78, 5) is 40.2. The summed E-state index contributed by atoms with van der Waals surface area (Å²) in [6.07, 6.45) is 0. The normalized spacial score (nSPS) is 13.1. The number of methoxy groups -OCH3 is 2. The Morgan fingerprint density at radius 2 is 1.49 bits per heavy atom. The molecule has 1 aliphatic heterocycles. The summed E-state index contributed by atoms with van der Waals surface area (Å²) in [7, 11) is 3.14. The van der Waals surface area contributed by atoms with Gasteiger partial charge in [0.1, 0.15) is 5.75 Å². The molecule has 0 unspecified atom stereocenters. The summed E-state index contributed by atoms with van der Waals surface area (Å²) in [5.41, 5.74) is 4.04. The van der Waals surface area contributed by atoms with Crippen molar-refractivity contribution in [3.63, 3.8) is 0 Å². The van der Waals surface area contributed by atoms with E-state index in [1.54, 1.807) is 67.3 Å². The summed E-state index contributed by atoms with van der Waals surface area (Å²) >= 11 is 0. The maximum Gasteiger partial charge on any atom is 0.256 e. The standard InChI is InChI=1S/C34H34N6O5/c1-22-28-13-15-31(42)40(32(28)37-34(36-22)39-18-16-38(17-19-39)25-9-11-27(41)12-10-25)26-7-5-24(6-8-26)33(43)35-21-23-4-14-29(44-2)30(20-23)45-3/h4-15,20,41H,16-19,21H2,1-3H3,(H,35,43). The van der Waals surface area contributed by atoms with Crippen LogP contribution < -0.4 is 30.1 Å².